The van der Waals surface area contributed by atoms with E-state index in [1.165, 1.54) is 12.8 Å². The average Bonchev–Trinajstić information content (AvgIpc) is 2.76. The molecule has 1 heterocycles. The Labute approximate surface area is 146 Å². The molecule has 1 aliphatic rings. The van der Waals surface area contributed by atoms with Gasteiger partial charge in [0, 0.05) is 23.1 Å². The van der Waals surface area contributed by atoms with Gasteiger partial charge in [0.05, 0.1) is 5.56 Å². The molecule has 1 saturated carbocycles. The molecule has 0 unspecified atom stereocenters. The highest BCUT2D eigenvalue weighted by atomic mass is 16.2. The summed E-state index contributed by atoms with van der Waals surface area (Å²) in [6.45, 7) is 0.114. The lowest BCUT2D eigenvalue weighted by molar-refractivity contribution is -0.122. The van der Waals surface area contributed by atoms with E-state index < -0.39 is 11.7 Å². The minimum absolute atomic E-state index is 0.0780. The topological polar surface area (TPSA) is 94.2 Å². The Hall–Kier alpha value is -2.63. The Morgan fingerprint density at radius 3 is 2.44 bits per heavy atom. The van der Waals surface area contributed by atoms with Gasteiger partial charge in [0.1, 0.15) is 6.54 Å². The zero-order valence-electron chi connectivity index (χ0n) is 14.2. The number of hydrogen-bond donors (Lipinski definition) is 2. The zero-order chi connectivity index (χ0) is 17.8. The molecule has 132 valence electrons. The van der Waals surface area contributed by atoms with E-state index >= 15 is 0 Å². The van der Waals surface area contributed by atoms with Gasteiger partial charge in [0.2, 0.25) is 5.91 Å². The molecule has 1 aromatic heterocycles. The predicted octanol–water partition coefficient (Wildman–Crippen LogP) is 2.15. The van der Waals surface area contributed by atoms with E-state index in [0.29, 0.717) is 5.39 Å². The second-order valence-electron chi connectivity index (χ2n) is 6.64. The molecule has 2 amide bonds. The maximum absolute atomic E-state index is 12.4. The van der Waals surface area contributed by atoms with Crippen LogP contribution in [0.15, 0.2) is 30.5 Å². The maximum Gasteiger partial charge on any atom is 0.289 e. The number of primary amides is 1. The number of benzene rings is 1. The highest BCUT2D eigenvalue weighted by molar-refractivity contribution is 6.44. The molecule has 3 N–H and O–H groups in total. The van der Waals surface area contributed by atoms with Crippen molar-refractivity contribution in [2.75, 3.05) is 0 Å². The summed E-state index contributed by atoms with van der Waals surface area (Å²) in [5.74, 6) is -1.81. The van der Waals surface area contributed by atoms with Crippen molar-refractivity contribution in [2.24, 2.45) is 5.73 Å². The molecule has 6 nitrogen and oxygen atoms in total. The van der Waals surface area contributed by atoms with Crippen LogP contribution in [0, 0.1) is 0 Å². The number of rotatable bonds is 5. The first-order valence-electron chi connectivity index (χ1n) is 8.77. The largest absolute Gasteiger partial charge is 0.363 e. The molecule has 2 aromatic rings. The van der Waals surface area contributed by atoms with E-state index in [0.717, 1.165) is 31.2 Å². The summed E-state index contributed by atoms with van der Waals surface area (Å²) < 4.78 is 1.71. The van der Waals surface area contributed by atoms with Crippen molar-refractivity contribution in [3.63, 3.8) is 0 Å². The summed E-state index contributed by atoms with van der Waals surface area (Å²) in [5.41, 5.74) is 6.11. The highest BCUT2D eigenvalue weighted by Gasteiger charge is 2.21. The number of carbonyl (C=O) groups excluding carboxylic acids is 3. The molecule has 6 heteroatoms. The van der Waals surface area contributed by atoms with E-state index in [-0.39, 0.29) is 24.1 Å². The van der Waals surface area contributed by atoms with Gasteiger partial charge in [-0.25, -0.2) is 0 Å². The van der Waals surface area contributed by atoms with Gasteiger partial charge in [0.25, 0.3) is 11.7 Å². The Kier molecular flexibility index (Phi) is 5.16. The monoisotopic (exact) mass is 341 g/mol. The minimum Gasteiger partial charge on any atom is -0.363 e. The SMILES string of the molecule is NC(=O)C(=O)c1cn(CC(=O)NC2CCCCCC2)c2ccccc12. The van der Waals surface area contributed by atoms with Crippen LogP contribution in [0.3, 0.4) is 0 Å². The van der Waals surface area contributed by atoms with Crippen LogP contribution in [-0.4, -0.2) is 28.2 Å². The predicted molar refractivity (Wildman–Crippen MR) is 95.1 cm³/mol. The smallest absolute Gasteiger partial charge is 0.289 e. The Balaban J connectivity index is 1.80. The Morgan fingerprint density at radius 2 is 1.76 bits per heavy atom. The third kappa shape index (κ3) is 3.90. The number of ketones is 1. The van der Waals surface area contributed by atoms with E-state index in [1.54, 1.807) is 22.9 Å². The van der Waals surface area contributed by atoms with Crippen LogP contribution < -0.4 is 11.1 Å². The van der Waals surface area contributed by atoms with Gasteiger partial charge in [-0.2, -0.15) is 0 Å². The van der Waals surface area contributed by atoms with Crippen molar-refractivity contribution in [1.29, 1.82) is 0 Å². The fraction of sp³-hybridized carbons (Fsp3) is 0.421. The normalized spacial score (nSPS) is 15.7. The van der Waals surface area contributed by atoms with E-state index in [4.69, 9.17) is 5.73 Å². The third-order valence-corrected chi connectivity index (χ3v) is 4.79. The number of nitrogens with one attached hydrogen (secondary N) is 1. The molecular formula is C19H23N3O3. The molecule has 1 fully saturated rings. The first-order valence-corrected chi connectivity index (χ1v) is 8.77. The molecule has 0 aliphatic heterocycles. The van der Waals surface area contributed by atoms with Crippen LogP contribution in [0.1, 0.15) is 48.9 Å². The standard InChI is InChI=1S/C19H23N3O3/c20-19(25)18(24)15-11-22(16-10-6-5-9-14(15)16)12-17(23)21-13-7-3-1-2-4-8-13/h5-6,9-11,13H,1-4,7-8,12H2,(H2,20,25)(H,21,23). The van der Waals surface area contributed by atoms with Gasteiger partial charge in [-0.15, -0.1) is 0 Å². The molecule has 1 aromatic carbocycles. The van der Waals surface area contributed by atoms with Gasteiger partial charge in [0.15, 0.2) is 0 Å². The number of fused-ring (bicyclic) bond motifs is 1. The molecule has 0 bridgehead atoms. The maximum atomic E-state index is 12.4. The van der Waals surface area contributed by atoms with Crippen molar-refractivity contribution in [2.45, 2.75) is 51.1 Å². The molecule has 0 atom stereocenters. The molecule has 3 rings (SSSR count). The van der Waals surface area contributed by atoms with Gasteiger partial charge in [-0.05, 0) is 18.9 Å². The van der Waals surface area contributed by atoms with Crippen LogP contribution in [0.25, 0.3) is 10.9 Å². The molecule has 0 radical (unpaired) electrons. The minimum atomic E-state index is -0.995. The van der Waals surface area contributed by atoms with Gasteiger partial charge in [-0.1, -0.05) is 43.9 Å². The van der Waals surface area contributed by atoms with Gasteiger partial charge < -0.3 is 15.6 Å². The van der Waals surface area contributed by atoms with Crippen molar-refractivity contribution in [1.82, 2.24) is 9.88 Å². The average molecular weight is 341 g/mol. The number of aromatic nitrogens is 1. The molecule has 25 heavy (non-hydrogen) atoms. The first kappa shape index (κ1) is 17.2. The Bertz CT molecular complexity index is 801. The summed E-state index contributed by atoms with van der Waals surface area (Å²) in [6, 6.07) is 7.43. The second kappa shape index (κ2) is 7.51. The van der Waals surface area contributed by atoms with Crippen LogP contribution in [0.5, 0.6) is 0 Å². The third-order valence-electron chi connectivity index (χ3n) is 4.79. The fourth-order valence-electron chi connectivity index (χ4n) is 3.54. The number of hydrogen-bond acceptors (Lipinski definition) is 3. The Morgan fingerprint density at radius 1 is 1.08 bits per heavy atom. The molecular weight excluding hydrogens is 318 g/mol. The summed E-state index contributed by atoms with van der Waals surface area (Å²) in [5, 5.41) is 3.73. The van der Waals surface area contributed by atoms with E-state index in [2.05, 4.69) is 5.32 Å². The van der Waals surface area contributed by atoms with Crippen LogP contribution in [0.4, 0.5) is 0 Å². The molecule has 0 spiro atoms. The van der Waals surface area contributed by atoms with Crippen LogP contribution in [0.2, 0.25) is 0 Å². The number of carbonyl (C=O) groups is 3. The first-order chi connectivity index (χ1) is 12.1. The lowest BCUT2D eigenvalue weighted by atomic mass is 10.1. The molecule has 1 aliphatic carbocycles. The summed E-state index contributed by atoms with van der Waals surface area (Å²) >= 11 is 0. The second-order valence-corrected chi connectivity index (χ2v) is 6.64. The molecule has 0 saturated heterocycles. The number of Topliss-reactive ketones (excluding diaryl/α,β-unsaturated/α-hetero) is 1. The van der Waals surface area contributed by atoms with Crippen LogP contribution >= 0.6 is 0 Å². The fourth-order valence-corrected chi connectivity index (χ4v) is 3.54. The summed E-state index contributed by atoms with van der Waals surface area (Å²) in [7, 11) is 0. The summed E-state index contributed by atoms with van der Waals surface area (Å²) in [4.78, 5) is 35.7. The van der Waals surface area contributed by atoms with Gasteiger partial charge >= 0.3 is 0 Å². The number of nitrogens with two attached hydrogens (primary N) is 1. The number of nitrogens with zero attached hydrogens (tertiary/aromatic N) is 1. The van der Waals surface area contributed by atoms with Gasteiger partial charge in [-0.3, -0.25) is 14.4 Å². The lowest BCUT2D eigenvalue weighted by Gasteiger charge is -2.16. The number of para-hydroxylation sites is 1. The quantitative estimate of drug-likeness (QED) is 0.496. The van der Waals surface area contributed by atoms with E-state index in [1.807, 2.05) is 12.1 Å². The van der Waals surface area contributed by atoms with Crippen LogP contribution in [-0.2, 0) is 16.1 Å². The summed E-state index contributed by atoms with van der Waals surface area (Å²) in [6.07, 6.45) is 8.33. The number of amides is 2. The van der Waals surface area contributed by atoms with Crippen molar-refractivity contribution in [3.8, 4) is 0 Å². The van der Waals surface area contributed by atoms with Crippen molar-refractivity contribution in [3.05, 3.63) is 36.0 Å². The highest BCUT2D eigenvalue weighted by Crippen LogP contribution is 2.22. The van der Waals surface area contributed by atoms with Crippen molar-refractivity contribution < 1.29 is 14.4 Å². The van der Waals surface area contributed by atoms with E-state index in [9.17, 15) is 14.4 Å². The lowest BCUT2D eigenvalue weighted by Crippen LogP contribution is -2.36. The zero-order valence-corrected chi connectivity index (χ0v) is 14.2. The van der Waals surface area contributed by atoms with Crippen molar-refractivity contribution >= 4 is 28.5 Å².